The summed E-state index contributed by atoms with van der Waals surface area (Å²) in [5.41, 5.74) is 2.42. The van der Waals surface area contributed by atoms with Crippen molar-refractivity contribution in [1.29, 1.82) is 0 Å². The van der Waals surface area contributed by atoms with Crippen LogP contribution < -0.4 is 10.2 Å². The molecule has 0 spiro atoms. The number of rotatable bonds is 5. The zero-order valence-corrected chi connectivity index (χ0v) is 12.3. The zero-order chi connectivity index (χ0) is 15.2. The second kappa shape index (κ2) is 6.90. The molecule has 21 heavy (non-hydrogen) atoms. The van der Waals surface area contributed by atoms with Crippen LogP contribution in [-0.2, 0) is 0 Å². The van der Waals surface area contributed by atoms with Crippen molar-refractivity contribution in [2.75, 3.05) is 18.5 Å². The number of hydrogen-bond acceptors (Lipinski definition) is 3. The van der Waals surface area contributed by atoms with Gasteiger partial charge in [0.25, 0.3) is 5.91 Å². The van der Waals surface area contributed by atoms with Gasteiger partial charge in [-0.15, -0.1) is 0 Å². The molecule has 4 heteroatoms. The van der Waals surface area contributed by atoms with Gasteiger partial charge in [-0.2, -0.15) is 0 Å². The Morgan fingerprint density at radius 3 is 2.43 bits per heavy atom. The Morgan fingerprint density at radius 2 is 1.76 bits per heavy atom. The molecule has 110 valence electrons. The lowest BCUT2D eigenvalue weighted by Crippen LogP contribution is -2.31. The summed E-state index contributed by atoms with van der Waals surface area (Å²) < 4.78 is 0. The maximum absolute atomic E-state index is 12.3. The Kier molecular flexibility index (Phi) is 4.95. The molecule has 0 saturated heterocycles. The number of carbonyl (C=O) groups excluding carboxylic acids is 1. The minimum atomic E-state index is -0.562. The largest absolute Gasteiger partial charge is 0.392 e. The first kappa shape index (κ1) is 15.1. The predicted molar refractivity (Wildman–Crippen MR) is 85.0 cm³/mol. The standard InChI is InChI=1S/C17H20N2O2/c1-13(20)12-18-17(21)15-10-6-7-11-16(15)19(2)14-8-4-3-5-9-14/h3-11,13,20H,12H2,1-2H3,(H,18,21). The van der Waals surface area contributed by atoms with E-state index in [0.29, 0.717) is 5.56 Å². The number of nitrogens with one attached hydrogen (secondary N) is 1. The lowest BCUT2D eigenvalue weighted by molar-refractivity contribution is 0.0924. The quantitative estimate of drug-likeness (QED) is 0.887. The van der Waals surface area contributed by atoms with Crippen molar-refractivity contribution in [1.82, 2.24) is 5.32 Å². The molecule has 2 aromatic rings. The fourth-order valence-corrected chi connectivity index (χ4v) is 2.08. The molecular formula is C17H20N2O2. The molecule has 2 rings (SSSR count). The summed E-state index contributed by atoms with van der Waals surface area (Å²) in [6.07, 6.45) is -0.562. The van der Waals surface area contributed by atoms with E-state index in [1.165, 1.54) is 0 Å². The van der Waals surface area contributed by atoms with Gasteiger partial charge in [-0.3, -0.25) is 4.79 Å². The summed E-state index contributed by atoms with van der Waals surface area (Å²) in [5.74, 6) is -0.186. The van der Waals surface area contributed by atoms with Crippen LogP contribution in [0.4, 0.5) is 11.4 Å². The first-order valence-electron chi connectivity index (χ1n) is 6.93. The molecule has 0 aliphatic rings. The second-order valence-corrected chi connectivity index (χ2v) is 4.97. The molecular weight excluding hydrogens is 264 g/mol. The molecule has 0 aliphatic carbocycles. The number of para-hydroxylation sites is 2. The second-order valence-electron chi connectivity index (χ2n) is 4.97. The summed E-state index contributed by atoms with van der Waals surface area (Å²) in [4.78, 5) is 14.2. The van der Waals surface area contributed by atoms with Crippen LogP contribution in [0.25, 0.3) is 0 Å². The van der Waals surface area contributed by atoms with Crippen molar-refractivity contribution in [3.63, 3.8) is 0 Å². The number of carbonyl (C=O) groups is 1. The average Bonchev–Trinajstić information content (AvgIpc) is 2.52. The molecule has 4 nitrogen and oxygen atoms in total. The van der Waals surface area contributed by atoms with E-state index < -0.39 is 6.10 Å². The summed E-state index contributed by atoms with van der Waals surface area (Å²) in [6.45, 7) is 1.88. The van der Waals surface area contributed by atoms with Gasteiger partial charge in [0.15, 0.2) is 0 Å². The molecule has 2 N–H and O–H groups in total. The summed E-state index contributed by atoms with van der Waals surface area (Å²) >= 11 is 0. The number of aliphatic hydroxyl groups excluding tert-OH is 1. The smallest absolute Gasteiger partial charge is 0.253 e. The highest BCUT2D eigenvalue weighted by atomic mass is 16.3. The first-order chi connectivity index (χ1) is 10.1. The minimum Gasteiger partial charge on any atom is -0.392 e. The molecule has 1 amide bonds. The minimum absolute atomic E-state index is 0.186. The molecule has 0 aromatic heterocycles. The van der Waals surface area contributed by atoms with Crippen LogP contribution in [0.3, 0.4) is 0 Å². The first-order valence-corrected chi connectivity index (χ1v) is 6.93. The third kappa shape index (κ3) is 3.83. The number of nitrogens with zero attached hydrogens (tertiary/aromatic N) is 1. The van der Waals surface area contributed by atoms with Gasteiger partial charge in [-0.1, -0.05) is 30.3 Å². The SMILES string of the molecule is CC(O)CNC(=O)c1ccccc1N(C)c1ccccc1. The maximum Gasteiger partial charge on any atom is 0.253 e. The lowest BCUT2D eigenvalue weighted by atomic mass is 10.1. The zero-order valence-electron chi connectivity index (χ0n) is 12.3. The van der Waals surface area contributed by atoms with E-state index in [9.17, 15) is 9.90 Å². The molecule has 0 bridgehead atoms. The number of aliphatic hydroxyl groups is 1. The number of benzene rings is 2. The lowest BCUT2D eigenvalue weighted by Gasteiger charge is -2.22. The van der Waals surface area contributed by atoms with Crippen LogP contribution in [0.1, 0.15) is 17.3 Å². The van der Waals surface area contributed by atoms with E-state index >= 15 is 0 Å². The van der Waals surface area contributed by atoms with Crippen LogP contribution in [-0.4, -0.2) is 30.7 Å². The van der Waals surface area contributed by atoms with Gasteiger partial charge in [0.05, 0.1) is 17.4 Å². The van der Waals surface area contributed by atoms with E-state index in [1.807, 2.05) is 60.5 Å². The number of anilines is 2. The highest BCUT2D eigenvalue weighted by Crippen LogP contribution is 2.26. The Morgan fingerprint density at radius 1 is 1.14 bits per heavy atom. The summed E-state index contributed by atoms with van der Waals surface area (Å²) in [6, 6.07) is 17.3. The van der Waals surface area contributed by atoms with Crippen LogP contribution >= 0.6 is 0 Å². The van der Waals surface area contributed by atoms with E-state index in [4.69, 9.17) is 0 Å². The summed E-state index contributed by atoms with van der Waals surface area (Å²) in [7, 11) is 1.93. The van der Waals surface area contributed by atoms with Gasteiger partial charge >= 0.3 is 0 Å². The number of hydrogen-bond donors (Lipinski definition) is 2. The fraction of sp³-hybridized carbons (Fsp3) is 0.235. The van der Waals surface area contributed by atoms with Crippen molar-refractivity contribution >= 4 is 17.3 Å². The van der Waals surface area contributed by atoms with Crippen LogP contribution in [0, 0.1) is 0 Å². The molecule has 0 heterocycles. The summed E-state index contributed by atoms with van der Waals surface area (Å²) in [5, 5.41) is 12.0. The third-order valence-corrected chi connectivity index (χ3v) is 3.21. The maximum atomic E-state index is 12.3. The molecule has 1 unspecified atom stereocenters. The Labute approximate surface area is 125 Å². The van der Waals surface area contributed by atoms with E-state index in [1.54, 1.807) is 13.0 Å². The predicted octanol–water partition coefficient (Wildman–Crippen LogP) is 2.57. The Balaban J connectivity index is 2.26. The van der Waals surface area contributed by atoms with Crippen molar-refractivity contribution in [2.24, 2.45) is 0 Å². The monoisotopic (exact) mass is 284 g/mol. The van der Waals surface area contributed by atoms with Crippen molar-refractivity contribution in [3.05, 3.63) is 60.2 Å². The van der Waals surface area contributed by atoms with Crippen LogP contribution in [0.5, 0.6) is 0 Å². The van der Waals surface area contributed by atoms with E-state index in [-0.39, 0.29) is 12.5 Å². The molecule has 0 saturated carbocycles. The Bertz CT molecular complexity index is 597. The molecule has 2 aromatic carbocycles. The average molecular weight is 284 g/mol. The molecule has 1 atom stereocenters. The van der Waals surface area contributed by atoms with Gasteiger partial charge in [0.2, 0.25) is 0 Å². The topological polar surface area (TPSA) is 52.6 Å². The highest BCUT2D eigenvalue weighted by molar-refractivity contribution is 6.00. The van der Waals surface area contributed by atoms with Crippen LogP contribution in [0.15, 0.2) is 54.6 Å². The highest BCUT2D eigenvalue weighted by Gasteiger charge is 2.14. The van der Waals surface area contributed by atoms with Crippen molar-refractivity contribution in [2.45, 2.75) is 13.0 Å². The Hall–Kier alpha value is -2.33. The third-order valence-electron chi connectivity index (χ3n) is 3.21. The molecule has 0 radical (unpaired) electrons. The normalized spacial score (nSPS) is 11.8. The van der Waals surface area contributed by atoms with E-state index in [2.05, 4.69) is 5.32 Å². The fourth-order valence-electron chi connectivity index (χ4n) is 2.08. The van der Waals surface area contributed by atoms with Crippen molar-refractivity contribution < 1.29 is 9.90 Å². The van der Waals surface area contributed by atoms with Gasteiger partial charge in [0, 0.05) is 19.3 Å². The van der Waals surface area contributed by atoms with Gasteiger partial charge in [-0.05, 0) is 31.2 Å². The molecule has 0 aliphatic heterocycles. The van der Waals surface area contributed by atoms with Crippen molar-refractivity contribution in [3.8, 4) is 0 Å². The van der Waals surface area contributed by atoms with Gasteiger partial charge in [0.1, 0.15) is 0 Å². The van der Waals surface area contributed by atoms with E-state index in [0.717, 1.165) is 11.4 Å². The molecule has 0 fully saturated rings. The van der Waals surface area contributed by atoms with Gasteiger partial charge < -0.3 is 15.3 Å². The van der Waals surface area contributed by atoms with Crippen LogP contribution in [0.2, 0.25) is 0 Å². The van der Waals surface area contributed by atoms with Gasteiger partial charge in [-0.25, -0.2) is 0 Å². The number of amides is 1.